The average molecular weight is 263 g/mol. The van der Waals surface area contributed by atoms with E-state index in [0.29, 0.717) is 16.5 Å². The normalized spacial score (nSPS) is 10.3. The molecule has 0 fully saturated rings. The van der Waals surface area contributed by atoms with Crippen LogP contribution in [0.25, 0.3) is 0 Å². The third kappa shape index (κ3) is 4.78. The van der Waals surface area contributed by atoms with Gasteiger partial charge in [0.05, 0.1) is 10.9 Å². The monoisotopic (exact) mass is 262 g/mol. The molecule has 0 atom stereocenters. The van der Waals surface area contributed by atoms with Crippen molar-refractivity contribution in [3.05, 3.63) is 28.2 Å². The largest absolute Gasteiger partial charge is 0.388 e. The van der Waals surface area contributed by atoms with Crippen molar-refractivity contribution in [2.75, 3.05) is 5.75 Å². The Labute approximate surface area is 104 Å². The molecule has 5 heteroatoms. The minimum atomic E-state index is 0.229. The number of benzene rings is 1. The SMILES string of the molecule is N=C(N)CCCSc1cc(Cl)ccc1Cl. The van der Waals surface area contributed by atoms with Crippen LogP contribution in [0.15, 0.2) is 23.1 Å². The second-order valence-electron chi connectivity index (χ2n) is 3.05. The van der Waals surface area contributed by atoms with E-state index in [-0.39, 0.29) is 5.84 Å². The predicted octanol–water partition coefficient (Wildman–Crippen LogP) is 3.80. The summed E-state index contributed by atoms with van der Waals surface area (Å²) >= 11 is 13.5. The molecular weight excluding hydrogens is 251 g/mol. The van der Waals surface area contributed by atoms with Crippen molar-refractivity contribution in [2.45, 2.75) is 17.7 Å². The number of nitrogens with two attached hydrogens (primary N) is 1. The molecule has 0 spiro atoms. The molecule has 0 aliphatic rings. The van der Waals surface area contributed by atoms with E-state index < -0.39 is 0 Å². The maximum Gasteiger partial charge on any atom is 0.0905 e. The van der Waals surface area contributed by atoms with Crippen molar-refractivity contribution in [3.8, 4) is 0 Å². The Hall–Kier alpha value is -0.380. The molecule has 1 rings (SSSR count). The Bertz CT molecular complexity index is 355. The molecule has 0 radical (unpaired) electrons. The van der Waals surface area contributed by atoms with Gasteiger partial charge < -0.3 is 5.73 Å². The van der Waals surface area contributed by atoms with E-state index in [9.17, 15) is 0 Å². The van der Waals surface area contributed by atoms with Crippen LogP contribution in [0.1, 0.15) is 12.8 Å². The fraction of sp³-hybridized carbons (Fsp3) is 0.300. The number of halogens is 2. The molecule has 0 unspecified atom stereocenters. The lowest BCUT2D eigenvalue weighted by Crippen LogP contribution is -2.08. The van der Waals surface area contributed by atoms with Gasteiger partial charge in [-0.15, -0.1) is 11.8 Å². The molecule has 1 aromatic rings. The van der Waals surface area contributed by atoms with Crippen molar-refractivity contribution >= 4 is 40.8 Å². The molecule has 0 aliphatic carbocycles. The summed E-state index contributed by atoms with van der Waals surface area (Å²) in [7, 11) is 0. The molecule has 82 valence electrons. The van der Waals surface area contributed by atoms with E-state index >= 15 is 0 Å². The van der Waals surface area contributed by atoms with Crippen LogP contribution in [0.4, 0.5) is 0 Å². The molecule has 3 N–H and O–H groups in total. The number of hydrogen-bond acceptors (Lipinski definition) is 2. The highest BCUT2D eigenvalue weighted by atomic mass is 35.5. The lowest BCUT2D eigenvalue weighted by atomic mass is 10.3. The van der Waals surface area contributed by atoms with E-state index in [2.05, 4.69) is 0 Å². The fourth-order valence-corrected chi connectivity index (χ4v) is 2.48. The maximum atomic E-state index is 7.08. The van der Waals surface area contributed by atoms with Gasteiger partial charge in [-0.2, -0.15) is 0 Å². The summed E-state index contributed by atoms with van der Waals surface area (Å²) in [5, 5.41) is 8.48. The minimum Gasteiger partial charge on any atom is -0.388 e. The van der Waals surface area contributed by atoms with E-state index in [1.54, 1.807) is 23.9 Å². The van der Waals surface area contributed by atoms with Gasteiger partial charge in [0.1, 0.15) is 0 Å². The first kappa shape index (κ1) is 12.7. The maximum absolute atomic E-state index is 7.08. The average Bonchev–Trinajstić information content (AvgIpc) is 2.17. The van der Waals surface area contributed by atoms with Gasteiger partial charge in [0.25, 0.3) is 0 Å². The van der Waals surface area contributed by atoms with Crippen molar-refractivity contribution in [1.29, 1.82) is 5.41 Å². The minimum absolute atomic E-state index is 0.229. The smallest absolute Gasteiger partial charge is 0.0905 e. The summed E-state index contributed by atoms with van der Waals surface area (Å²) in [6.07, 6.45) is 1.51. The van der Waals surface area contributed by atoms with E-state index in [0.717, 1.165) is 17.1 Å². The highest BCUT2D eigenvalue weighted by molar-refractivity contribution is 7.99. The van der Waals surface area contributed by atoms with Crippen LogP contribution in [0.3, 0.4) is 0 Å². The molecule has 0 saturated carbocycles. The second-order valence-corrected chi connectivity index (χ2v) is 5.03. The van der Waals surface area contributed by atoms with Gasteiger partial charge in [-0.1, -0.05) is 23.2 Å². The van der Waals surface area contributed by atoms with E-state index in [4.69, 9.17) is 34.3 Å². The lowest BCUT2D eigenvalue weighted by Gasteiger charge is -2.04. The zero-order valence-electron chi connectivity index (χ0n) is 8.09. The molecule has 2 nitrogen and oxygen atoms in total. The van der Waals surface area contributed by atoms with E-state index in [1.165, 1.54) is 0 Å². The number of thioether (sulfide) groups is 1. The van der Waals surface area contributed by atoms with Gasteiger partial charge in [-0.05, 0) is 30.4 Å². The summed E-state index contributed by atoms with van der Waals surface area (Å²) in [5.74, 6) is 1.12. The number of hydrogen-bond donors (Lipinski definition) is 2. The zero-order valence-corrected chi connectivity index (χ0v) is 10.4. The Balaban J connectivity index is 2.43. The van der Waals surface area contributed by atoms with Crippen molar-refractivity contribution in [3.63, 3.8) is 0 Å². The van der Waals surface area contributed by atoms with Crippen molar-refractivity contribution in [2.24, 2.45) is 5.73 Å². The lowest BCUT2D eigenvalue weighted by molar-refractivity contribution is 0.988. The van der Waals surface area contributed by atoms with Crippen molar-refractivity contribution < 1.29 is 0 Å². The highest BCUT2D eigenvalue weighted by Crippen LogP contribution is 2.30. The van der Waals surface area contributed by atoms with Crippen LogP contribution in [0.5, 0.6) is 0 Å². The molecule has 0 amide bonds. The van der Waals surface area contributed by atoms with Crippen LogP contribution < -0.4 is 5.73 Å². The Morgan fingerprint density at radius 1 is 1.40 bits per heavy atom. The van der Waals surface area contributed by atoms with Gasteiger partial charge in [-0.3, -0.25) is 5.41 Å². The Morgan fingerprint density at radius 2 is 2.13 bits per heavy atom. The van der Waals surface area contributed by atoms with E-state index in [1.807, 2.05) is 6.07 Å². The van der Waals surface area contributed by atoms with Crippen LogP contribution >= 0.6 is 35.0 Å². The van der Waals surface area contributed by atoms with Crippen LogP contribution in [0, 0.1) is 5.41 Å². The quantitative estimate of drug-likeness (QED) is 0.367. The molecule has 15 heavy (non-hydrogen) atoms. The first-order valence-electron chi connectivity index (χ1n) is 4.50. The third-order valence-corrected chi connectivity index (χ3v) is 3.56. The molecule has 0 heterocycles. The van der Waals surface area contributed by atoms with Gasteiger partial charge in [0.2, 0.25) is 0 Å². The Morgan fingerprint density at radius 3 is 2.80 bits per heavy atom. The summed E-state index contributed by atoms with van der Waals surface area (Å²) in [4.78, 5) is 0.979. The summed E-state index contributed by atoms with van der Waals surface area (Å²) in [5.41, 5.74) is 5.25. The second kappa shape index (κ2) is 6.26. The first-order chi connectivity index (χ1) is 7.09. The third-order valence-electron chi connectivity index (χ3n) is 1.74. The number of rotatable bonds is 5. The topological polar surface area (TPSA) is 49.9 Å². The number of amidine groups is 1. The predicted molar refractivity (Wildman–Crippen MR) is 68.3 cm³/mol. The van der Waals surface area contributed by atoms with Gasteiger partial charge >= 0.3 is 0 Å². The summed E-state index contributed by atoms with van der Waals surface area (Å²) in [6.45, 7) is 0. The molecule has 1 aromatic carbocycles. The van der Waals surface area contributed by atoms with Gasteiger partial charge in [-0.25, -0.2) is 0 Å². The Kier molecular flexibility index (Phi) is 5.29. The van der Waals surface area contributed by atoms with Crippen molar-refractivity contribution in [1.82, 2.24) is 0 Å². The van der Waals surface area contributed by atoms with Crippen LogP contribution in [-0.2, 0) is 0 Å². The molecular formula is C10H12Cl2N2S. The van der Waals surface area contributed by atoms with Gasteiger partial charge in [0, 0.05) is 16.3 Å². The molecule has 0 bridgehead atoms. The van der Waals surface area contributed by atoms with Crippen LogP contribution in [-0.4, -0.2) is 11.6 Å². The molecule has 0 aromatic heterocycles. The molecule has 0 aliphatic heterocycles. The summed E-state index contributed by atoms with van der Waals surface area (Å²) < 4.78 is 0. The fourth-order valence-electron chi connectivity index (χ4n) is 1.03. The molecule has 0 saturated heterocycles. The number of nitrogens with one attached hydrogen (secondary N) is 1. The zero-order chi connectivity index (χ0) is 11.3. The standard InChI is InChI=1S/C10H12Cl2N2S/c11-7-3-4-8(12)9(6-7)15-5-1-2-10(13)14/h3-4,6H,1-2,5H2,(H3,13,14). The first-order valence-corrected chi connectivity index (χ1v) is 6.24. The summed E-state index contributed by atoms with van der Waals surface area (Å²) in [6, 6.07) is 5.41. The highest BCUT2D eigenvalue weighted by Gasteiger charge is 2.02. The van der Waals surface area contributed by atoms with Crippen LogP contribution in [0.2, 0.25) is 10.0 Å². The van der Waals surface area contributed by atoms with Gasteiger partial charge in [0.15, 0.2) is 0 Å².